The number of primary amides is 1. The molecule has 25 heavy (non-hydrogen) atoms. The van der Waals surface area contributed by atoms with Crippen LogP contribution in [0.5, 0.6) is 0 Å². The minimum atomic E-state index is -0.316. The molecule has 2 fully saturated rings. The topological polar surface area (TPSA) is 72.2 Å². The molecule has 4 heteroatoms. The van der Waals surface area contributed by atoms with Gasteiger partial charge in [-0.1, -0.05) is 51.4 Å². The summed E-state index contributed by atoms with van der Waals surface area (Å²) >= 11 is 0. The van der Waals surface area contributed by atoms with Crippen LogP contribution in [0.2, 0.25) is 0 Å². The van der Waals surface area contributed by atoms with Crippen LogP contribution in [0.1, 0.15) is 91.4 Å². The van der Waals surface area contributed by atoms with Crippen LogP contribution in [0.25, 0.3) is 0 Å². The highest BCUT2D eigenvalue weighted by molar-refractivity contribution is 5.87. The minimum absolute atomic E-state index is 0.0228. The Balaban J connectivity index is 2.06. The van der Waals surface area contributed by atoms with Gasteiger partial charge in [-0.3, -0.25) is 9.59 Å². The van der Waals surface area contributed by atoms with E-state index in [-0.39, 0.29) is 29.2 Å². The lowest BCUT2D eigenvalue weighted by Crippen LogP contribution is -2.48. The number of hydrogen-bond acceptors (Lipinski definition) is 2. The first-order valence-corrected chi connectivity index (χ1v) is 10.4. The molecule has 2 aliphatic carbocycles. The Morgan fingerprint density at radius 2 is 1.48 bits per heavy atom. The van der Waals surface area contributed by atoms with Gasteiger partial charge < -0.3 is 11.1 Å². The van der Waals surface area contributed by atoms with Gasteiger partial charge in [0.05, 0.1) is 0 Å². The monoisotopic (exact) mass is 350 g/mol. The van der Waals surface area contributed by atoms with Crippen molar-refractivity contribution in [1.82, 2.24) is 5.32 Å². The second-order valence-corrected chi connectivity index (χ2v) is 9.47. The number of amides is 2. The Hall–Kier alpha value is -1.06. The van der Waals surface area contributed by atoms with E-state index in [9.17, 15) is 9.59 Å². The molecule has 0 bridgehead atoms. The van der Waals surface area contributed by atoms with E-state index in [1.807, 2.05) is 20.8 Å². The molecule has 0 aliphatic heterocycles. The molecule has 3 N–H and O–H groups in total. The molecule has 0 saturated heterocycles. The van der Waals surface area contributed by atoms with Crippen molar-refractivity contribution < 1.29 is 9.59 Å². The molecule has 0 aromatic heterocycles. The molecule has 0 heterocycles. The van der Waals surface area contributed by atoms with Crippen LogP contribution in [0.3, 0.4) is 0 Å². The van der Waals surface area contributed by atoms with Crippen LogP contribution in [0.4, 0.5) is 0 Å². The van der Waals surface area contributed by atoms with E-state index in [1.54, 1.807) is 0 Å². The quantitative estimate of drug-likeness (QED) is 0.689. The van der Waals surface area contributed by atoms with E-state index in [4.69, 9.17) is 5.73 Å². The Bertz CT molecular complexity index is 443. The van der Waals surface area contributed by atoms with E-state index in [0.717, 1.165) is 25.2 Å². The summed E-state index contributed by atoms with van der Waals surface area (Å²) in [6.07, 6.45) is 12.7. The molecule has 0 unspecified atom stereocenters. The molecule has 0 radical (unpaired) electrons. The standard InChI is InChI=1S/C21H38N2O2/c1-21(2,3)23-20(25)18(14-16-10-6-7-11-16)17(19(22)24)13-12-15-8-4-5-9-15/h15-18H,4-14H2,1-3H3,(H2,22,24)(H,23,25)/t17-,18+/m0/s1. The van der Waals surface area contributed by atoms with Crippen LogP contribution in [-0.4, -0.2) is 17.4 Å². The van der Waals surface area contributed by atoms with Gasteiger partial charge in [-0.15, -0.1) is 0 Å². The van der Waals surface area contributed by atoms with E-state index >= 15 is 0 Å². The van der Waals surface area contributed by atoms with E-state index in [1.165, 1.54) is 51.4 Å². The van der Waals surface area contributed by atoms with Crippen molar-refractivity contribution in [3.05, 3.63) is 0 Å². The molecule has 2 aliphatic rings. The maximum absolute atomic E-state index is 13.0. The molecule has 2 amide bonds. The normalized spacial score (nSPS) is 22.0. The van der Waals surface area contributed by atoms with Crippen LogP contribution in [0.15, 0.2) is 0 Å². The minimum Gasteiger partial charge on any atom is -0.369 e. The zero-order valence-electron chi connectivity index (χ0n) is 16.5. The van der Waals surface area contributed by atoms with Crippen molar-refractivity contribution >= 4 is 11.8 Å². The Kier molecular flexibility index (Phi) is 7.33. The molecule has 2 saturated carbocycles. The summed E-state index contributed by atoms with van der Waals surface area (Å²) in [4.78, 5) is 25.2. The van der Waals surface area contributed by atoms with Crippen molar-refractivity contribution in [2.45, 2.75) is 96.9 Å². The summed E-state index contributed by atoms with van der Waals surface area (Å²) in [5.41, 5.74) is 5.50. The van der Waals surface area contributed by atoms with Crippen molar-refractivity contribution in [2.24, 2.45) is 29.4 Å². The average molecular weight is 351 g/mol. The fourth-order valence-corrected chi connectivity index (χ4v) is 4.78. The van der Waals surface area contributed by atoms with Crippen molar-refractivity contribution in [3.63, 3.8) is 0 Å². The van der Waals surface area contributed by atoms with E-state index in [0.29, 0.717) is 5.92 Å². The summed E-state index contributed by atoms with van der Waals surface area (Å²) in [7, 11) is 0. The summed E-state index contributed by atoms with van der Waals surface area (Å²) in [6, 6.07) is 0. The van der Waals surface area contributed by atoms with Gasteiger partial charge in [0.15, 0.2) is 0 Å². The molecule has 0 aromatic carbocycles. The SMILES string of the molecule is CC(C)(C)NC(=O)[C@H](CC1CCCC1)[C@H](CCC1CCCC1)C(N)=O. The Morgan fingerprint density at radius 1 is 0.960 bits per heavy atom. The first-order chi connectivity index (χ1) is 11.8. The first kappa shape index (κ1) is 20.3. The molecular formula is C21H38N2O2. The first-order valence-electron chi connectivity index (χ1n) is 10.4. The van der Waals surface area contributed by atoms with Gasteiger partial charge in [-0.25, -0.2) is 0 Å². The van der Waals surface area contributed by atoms with Crippen LogP contribution < -0.4 is 11.1 Å². The van der Waals surface area contributed by atoms with Crippen molar-refractivity contribution in [3.8, 4) is 0 Å². The number of carbonyl (C=O) groups excluding carboxylic acids is 2. The van der Waals surface area contributed by atoms with E-state index < -0.39 is 0 Å². The van der Waals surface area contributed by atoms with Crippen LogP contribution >= 0.6 is 0 Å². The molecule has 0 spiro atoms. The molecular weight excluding hydrogens is 312 g/mol. The van der Waals surface area contributed by atoms with E-state index in [2.05, 4.69) is 5.32 Å². The predicted octanol–water partition coefficient (Wildman–Crippen LogP) is 4.17. The number of hydrogen-bond donors (Lipinski definition) is 2. The number of nitrogens with one attached hydrogen (secondary N) is 1. The third-order valence-electron chi connectivity index (χ3n) is 6.11. The van der Waals surface area contributed by atoms with Gasteiger partial charge in [0.1, 0.15) is 0 Å². The van der Waals surface area contributed by atoms with Gasteiger partial charge in [-0.05, 0) is 51.9 Å². The zero-order valence-corrected chi connectivity index (χ0v) is 16.5. The van der Waals surface area contributed by atoms with Gasteiger partial charge in [0.25, 0.3) is 0 Å². The van der Waals surface area contributed by atoms with Gasteiger partial charge >= 0.3 is 0 Å². The predicted molar refractivity (Wildman–Crippen MR) is 102 cm³/mol. The van der Waals surface area contributed by atoms with Gasteiger partial charge in [0.2, 0.25) is 11.8 Å². The lowest BCUT2D eigenvalue weighted by atomic mass is 9.78. The number of carbonyl (C=O) groups is 2. The van der Waals surface area contributed by atoms with Crippen LogP contribution in [-0.2, 0) is 9.59 Å². The molecule has 2 atom stereocenters. The highest BCUT2D eigenvalue weighted by Gasteiger charge is 2.36. The van der Waals surface area contributed by atoms with Crippen molar-refractivity contribution in [1.29, 1.82) is 0 Å². The maximum atomic E-state index is 13.0. The maximum Gasteiger partial charge on any atom is 0.224 e. The summed E-state index contributed by atoms with van der Waals surface area (Å²) < 4.78 is 0. The lowest BCUT2D eigenvalue weighted by molar-refractivity contribution is -0.135. The zero-order chi connectivity index (χ0) is 18.4. The smallest absolute Gasteiger partial charge is 0.224 e. The fourth-order valence-electron chi connectivity index (χ4n) is 4.78. The summed E-state index contributed by atoms with van der Waals surface area (Å²) in [6.45, 7) is 5.99. The molecule has 2 rings (SSSR count). The van der Waals surface area contributed by atoms with Crippen LogP contribution in [0, 0.1) is 23.7 Å². The third kappa shape index (κ3) is 6.63. The third-order valence-corrected chi connectivity index (χ3v) is 6.11. The highest BCUT2D eigenvalue weighted by Crippen LogP contribution is 2.36. The fraction of sp³-hybridized carbons (Fsp3) is 0.905. The second kappa shape index (κ2) is 9.05. The summed E-state index contributed by atoms with van der Waals surface area (Å²) in [5.74, 6) is 0.452. The Morgan fingerprint density at radius 3 is 1.96 bits per heavy atom. The molecule has 0 aromatic rings. The molecule has 4 nitrogen and oxygen atoms in total. The average Bonchev–Trinajstić information content (AvgIpc) is 3.17. The lowest BCUT2D eigenvalue weighted by Gasteiger charge is -2.30. The van der Waals surface area contributed by atoms with Gasteiger partial charge in [0, 0.05) is 17.4 Å². The van der Waals surface area contributed by atoms with Gasteiger partial charge in [-0.2, -0.15) is 0 Å². The van der Waals surface area contributed by atoms with Crippen molar-refractivity contribution in [2.75, 3.05) is 0 Å². The number of nitrogens with two attached hydrogens (primary N) is 1. The summed E-state index contributed by atoms with van der Waals surface area (Å²) in [5, 5.41) is 3.11. The number of rotatable bonds is 8. The molecule has 144 valence electrons. The Labute approximate surface area is 153 Å². The second-order valence-electron chi connectivity index (χ2n) is 9.47. The highest BCUT2D eigenvalue weighted by atomic mass is 16.2. The largest absolute Gasteiger partial charge is 0.369 e.